The van der Waals surface area contributed by atoms with E-state index in [0.29, 0.717) is 13.0 Å². The lowest BCUT2D eigenvalue weighted by Gasteiger charge is -2.49. The summed E-state index contributed by atoms with van der Waals surface area (Å²) in [7, 11) is 2.04. The second-order valence-electron chi connectivity index (χ2n) is 13.3. The lowest BCUT2D eigenvalue weighted by atomic mass is 9.72. The third-order valence-electron chi connectivity index (χ3n) is 10.7. The molecule has 1 aromatic heterocycles. The number of benzene rings is 2. The molecule has 5 aliphatic rings. The molecule has 8 atom stereocenters. The van der Waals surface area contributed by atoms with E-state index in [2.05, 4.69) is 33.5 Å². The van der Waals surface area contributed by atoms with Crippen molar-refractivity contribution in [2.24, 2.45) is 5.92 Å². The predicted octanol–water partition coefficient (Wildman–Crippen LogP) is 1.40. The third-order valence-corrected chi connectivity index (χ3v) is 10.7. The first-order valence-electron chi connectivity index (χ1n) is 15.5. The van der Waals surface area contributed by atoms with Gasteiger partial charge in [-0.3, -0.25) is 24.0 Å². The minimum Gasteiger partial charge on any atom is -0.374 e. The molecular weight excluding hydrogens is 562 g/mol. The van der Waals surface area contributed by atoms with Gasteiger partial charge in [-0.05, 0) is 62.4 Å². The fourth-order valence-corrected chi connectivity index (χ4v) is 8.67. The highest BCUT2D eigenvalue weighted by Crippen LogP contribution is 2.48. The van der Waals surface area contributed by atoms with E-state index in [-0.39, 0.29) is 37.1 Å². The van der Waals surface area contributed by atoms with Crippen LogP contribution in [0.3, 0.4) is 0 Å². The van der Waals surface area contributed by atoms with Gasteiger partial charge in [0.05, 0.1) is 5.92 Å². The van der Waals surface area contributed by atoms with E-state index in [1.807, 2.05) is 43.4 Å². The minimum absolute atomic E-state index is 0.125. The number of hydrogen-bond donors (Lipinski definition) is 4. The summed E-state index contributed by atoms with van der Waals surface area (Å²) in [6, 6.07) is 13.7. The molecule has 230 valence electrons. The topological polar surface area (TPSA) is 138 Å². The van der Waals surface area contributed by atoms with E-state index in [1.54, 1.807) is 0 Å². The van der Waals surface area contributed by atoms with E-state index in [1.165, 1.54) is 28.3 Å². The Bertz CT molecular complexity index is 1680. The predicted molar refractivity (Wildman–Crippen MR) is 159 cm³/mol. The number of fused-ring (bicyclic) bond motifs is 5. The zero-order valence-corrected chi connectivity index (χ0v) is 24.8. The highest BCUT2D eigenvalue weighted by Gasteiger charge is 2.71. The highest BCUT2D eigenvalue weighted by molar-refractivity contribution is 5.97. The van der Waals surface area contributed by atoms with E-state index in [4.69, 9.17) is 4.74 Å². The number of carbonyl (C=O) groups excluding carboxylic acids is 3. The van der Waals surface area contributed by atoms with Crippen LogP contribution in [0.5, 0.6) is 0 Å². The Morgan fingerprint density at radius 3 is 2.73 bits per heavy atom. The lowest BCUT2D eigenvalue weighted by molar-refractivity contribution is -0.319. The molecule has 3 amide bonds. The Morgan fingerprint density at radius 1 is 1.14 bits per heavy atom. The van der Waals surface area contributed by atoms with Gasteiger partial charge in [0.15, 0.2) is 0 Å². The van der Waals surface area contributed by atoms with Gasteiger partial charge in [-0.2, -0.15) is 0 Å². The Balaban J connectivity index is 1.08. The van der Waals surface area contributed by atoms with Crippen molar-refractivity contribution in [2.45, 2.75) is 80.9 Å². The third kappa shape index (κ3) is 3.86. The van der Waals surface area contributed by atoms with E-state index in [9.17, 15) is 24.6 Å². The second-order valence-corrected chi connectivity index (χ2v) is 13.3. The molecule has 5 heterocycles. The molecule has 0 saturated carbocycles. The molecule has 8 rings (SSSR count). The molecule has 2 aromatic carbocycles. The fraction of sp³-hybridized carbons (Fsp3) is 0.485. The Kier molecular flexibility index (Phi) is 6.06. The van der Waals surface area contributed by atoms with Gasteiger partial charge >= 0.3 is 0 Å². The number of piperidine rings is 1. The molecule has 4 N–H and O–H groups in total. The summed E-state index contributed by atoms with van der Waals surface area (Å²) < 4.78 is 6.19. The Morgan fingerprint density at radius 2 is 1.93 bits per heavy atom. The standard InChI is InChI=1S/C33H37N5O6/c1-32(35-29(40)20-14-22-21-9-6-10-23-28(21)19(16-34-23)15-24(22)36(2)17-20)31(42)38-25(13-18-7-4-3-5-8-18)30(41)37-26(11-12-27(37)39)33(38,43)44-32/h3-10,16,20,22,24-27,34,39,43H,11-15,17H2,1-2H3,(H,35,40)/t20-,22?,24-,25+,26+,27?,32-,33+/m1/s1. The minimum atomic E-state index is -2.21. The molecule has 11 heteroatoms. The summed E-state index contributed by atoms with van der Waals surface area (Å²) in [6.45, 7) is 1.96. The van der Waals surface area contributed by atoms with Gasteiger partial charge in [-0.25, -0.2) is 0 Å². The summed E-state index contributed by atoms with van der Waals surface area (Å²) >= 11 is 0. The second kappa shape index (κ2) is 9.61. The molecule has 3 aromatic rings. The van der Waals surface area contributed by atoms with Crippen LogP contribution in [0, 0.1) is 5.92 Å². The van der Waals surface area contributed by atoms with Gasteiger partial charge < -0.3 is 30.3 Å². The van der Waals surface area contributed by atoms with Crippen molar-refractivity contribution in [3.05, 3.63) is 71.4 Å². The van der Waals surface area contributed by atoms with Crippen LogP contribution in [0.4, 0.5) is 0 Å². The number of ether oxygens (including phenoxy) is 1. The number of likely N-dealkylation sites (N-methyl/N-ethyl adjacent to an activating group) is 1. The highest BCUT2D eigenvalue weighted by atomic mass is 16.7. The van der Waals surface area contributed by atoms with Crippen LogP contribution in [0.2, 0.25) is 0 Å². The number of piperazine rings is 1. The first-order chi connectivity index (χ1) is 21.1. The SMILES string of the molecule is CN1C[C@H](C(=O)N[C@]2(C)O[C@@]3(O)[C@@H]4CCC(O)N4C(=O)[C@H](Cc4ccccc4)N3C2=O)CC2c3cccc4[nH]cc(c34)C[C@H]21. The fourth-order valence-electron chi connectivity index (χ4n) is 8.67. The van der Waals surface area contributed by atoms with Crippen molar-refractivity contribution >= 4 is 28.6 Å². The molecule has 11 nitrogen and oxygen atoms in total. The smallest absolute Gasteiger partial charge is 0.280 e. The number of aromatic nitrogens is 1. The number of aromatic amines is 1. The number of rotatable bonds is 4. The quantitative estimate of drug-likeness (QED) is 0.356. The average Bonchev–Trinajstić information content (AvgIpc) is 3.66. The van der Waals surface area contributed by atoms with Crippen LogP contribution in [-0.4, -0.2) is 97.2 Å². The molecule has 0 spiro atoms. The molecule has 44 heavy (non-hydrogen) atoms. The van der Waals surface area contributed by atoms with Crippen LogP contribution >= 0.6 is 0 Å². The van der Waals surface area contributed by atoms with Gasteiger partial charge in [0.1, 0.15) is 18.3 Å². The molecule has 4 aliphatic heterocycles. The summed E-state index contributed by atoms with van der Waals surface area (Å²) in [5.74, 6) is -3.95. The zero-order chi connectivity index (χ0) is 30.5. The molecule has 2 unspecified atom stereocenters. The zero-order valence-electron chi connectivity index (χ0n) is 24.8. The number of likely N-dealkylation sites (tertiary alicyclic amines) is 1. The number of aliphatic hydroxyl groups is 2. The van der Waals surface area contributed by atoms with Gasteiger partial charge in [0.25, 0.3) is 11.8 Å². The molecule has 4 saturated heterocycles. The van der Waals surface area contributed by atoms with E-state index in [0.717, 1.165) is 22.4 Å². The van der Waals surface area contributed by atoms with E-state index < -0.39 is 47.7 Å². The molecular formula is C33H37N5O6. The van der Waals surface area contributed by atoms with Crippen molar-refractivity contribution in [1.29, 1.82) is 0 Å². The number of nitrogens with zero attached hydrogens (tertiary/aromatic N) is 3. The van der Waals surface area contributed by atoms with Crippen molar-refractivity contribution in [3.63, 3.8) is 0 Å². The molecule has 0 radical (unpaired) electrons. The normalized spacial score (nSPS) is 36.4. The van der Waals surface area contributed by atoms with Gasteiger partial charge in [0.2, 0.25) is 17.5 Å². The molecule has 1 aliphatic carbocycles. The maximum absolute atomic E-state index is 14.2. The van der Waals surface area contributed by atoms with Gasteiger partial charge in [0, 0.05) is 42.0 Å². The maximum Gasteiger partial charge on any atom is 0.280 e. The number of nitrogens with one attached hydrogen (secondary N) is 2. The largest absolute Gasteiger partial charge is 0.374 e. The Labute approximate surface area is 254 Å². The number of aliphatic hydroxyl groups excluding tert-OH is 1. The van der Waals surface area contributed by atoms with Crippen molar-refractivity contribution in [2.75, 3.05) is 13.6 Å². The number of amides is 3. The van der Waals surface area contributed by atoms with Crippen molar-refractivity contribution in [3.8, 4) is 0 Å². The number of H-pyrrole nitrogens is 1. The maximum atomic E-state index is 14.2. The summed E-state index contributed by atoms with van der Waals surface area (Å²) in [6.07, 6.45) is 3.12. The number of carbonyl (C=O) groups is 3. The average molecular weight is 600 g/mol. The van der Waals surface area contributed by atoms with Crippen LogP contribution in [0.15, 0.2) is 54.7 Å². The van der Waals surface area contributed by atoms with Gasteiger partial charge in [-0.1, -0.05) is 42.5 Å². The summed E-state index contributed by atoms with van der Waals surface area (Å²) in [4.78, 5) is 49.9. The van der Waals surface area contributed by atoms with Crippen molar-refractivity contribution in [1.82, 2.24) is 25.0 Å². The monoisotopic (exact) mass is 599 g/mol. The van der Waals surface area contributed by atoms with Crippen LogP contribution in [0.25, 0.3) is 10.9 Å². The van der Waals surface area contributed by atoms with Gasteiger partial charge in [-0.15, -0.1) is 0 Å². The Hall–Kier alpha value is -3.77. The first-order valence-corrected chi connectivity index (χ1v) is 15.5. The number of hydrogen-bond acceptors (Lipinski definition) is 7. The van der Waals surface area contributed by atoms with Crippen LogP contribution in [0.1, 0.15) is 48.8 Å². The summed E-state index contributed by atoms with van der Waals surface area (Å²) in [5.41, 5.74) is 2.50. The van der Waals surface area contributed by atoms with E-state index >= 15 is 0 Å². The summed E-state index contributed by atoms with van der Waals surface area (Å²) in [5, 5.41) is 26.9. The first kappa shape index (κ1) is 27.8. The molecule has 4 fully saturated rings. The molecule has 0 bridgehead atoms. The van der Waals surface area contributed by atoms with Crippen LogP contribution in [-0.2, 0) is 32.0 Å². The van der Waals surface area contributed by atoms with Crippen molar-refractivity contribution < 1.29 is 29.3 Å². The van der Waals surface area contributed by atoms with Crippen LogP contribution < -0.4 is 5.32 Å². The lowest BCUT2D eigenvalue weighted by Crippen LogP contribution is -2.72.